The molecule has 2 unspecified atom stereocenters. The highest BCUT2D eigenvalue weighted by molar-refractivity contribution is 5.71. The molecule has 0 bridgehead atoms. The van der Waals surface area contributed by atoms with Gasteiger partial charge in [-0.25, -0.2) is 0 Å². The van der Waals surface area contributed by atoms with Gasteiger partial charge in [0.2, 0.25) is 0 Å². The van der Waals surface area contributed by atoms with E-state index in [9.17, 15) is 19.5 Å². The second kappa shape index (κ2) is 37.2. The van der Waals surface area contributed by atoms with Crippen LogP contribution < -0.4 is 5.11 Å². The number of unbranched alkanes of at least 4 members (excludes halogenated alkanes) is 17. The van der Waals surface area contributed by atoms with E-state index in [-0.39, 0.29) is 43.1 Å². The Balaban J connectivity index is 4.30. The third-order valence-corrected chi connectivity index (χ3v) is 9.48. The van der Waals surface area contributed by atoms with Crippen LogP contribution in [0.25, 0.3) is 0 Å². The van der Waals surface area contributed by atoms with Gasteiger partial charge in [-0.3, -0.25) is 9.59 Å². The van der Waals surface area contributed by atoms with E-state index in [0.29, 0.717) is 6.42 Å². The van der Waals surface area contributed by atoms with Crippen LogP contribution in [0.15, 0.2) is 48.6 Å². The van der Waals surface area contributed by atoms with E-state index in [1.807, 2.05) is 6.08 Å². The topological polar surface area (TPSA) is 102 Å². The lowest BCUT2D eigenvalue weighted by atomic mass is 10.1. The number of allylic oxidation sites excluding steroid dienone is 7. The Morgan fingerprint density at radius 3 is 1.61 bits per heavy atom. The lowest BCUT2D eigenvalue weighted by molar-refractivity contribution is -0.889. The Bertz CT molecular complexity index is 1030. The number of esters is 2. The third-order valence-electron chi connectivity index (χ3n) is 9.48. The van der Waals surface area contributed by atoms with Gasteiger partial charge in [-0.1, -0.05) is 152 Å². The van der Waals surface area contributed by atoms with E-state index in [0.717, 1.165) is 38.5 Å². The maximum Gasteiger partial charge on any atom is 0.309 e. The van der Waals surface area contributed by atoms with Crippen molar-refractivity contribution in [1.82, 2.24) is 0 Å². The van der Waals surface area contributed by atoms with Gasteiger partial charge >= 0.3 is 11.9 Å². The van der Waals surface area contributed by atoms with Crippen molar-refractivity contribution in [3.8, 4) is 0 Å². The summed E-state index contributed by atoms with van der Waals surface area (Å²) < 4.78 is 17.0. The number of carboxylic acid groups (broad SMARTS) is 1. The predicted octanol–water partition coefficient (Wildman–Crippen LogP) is 10.3. The summed E-state index contributed by atoms with van der Waals surface area (Å²) in [5, 5.41) is 11.6. The molecule has 0 aliphatic carbocycles. The molecule has 0 fully saturated rings. The Hall–Kier alpha value is -2.71. The highest BCUT2D eigenvalue weighted by atomic mass is 16.6. The number of carbonyl (C=O) groups excluding carboxylic acids is 3. The van der Waals surface area contributed by atoms with E-state index in [2.05, 4.69) is 50.3 Å². The van der Waals surface area contributed by atoms with Gasteiger partial charge < -0.3 is 28.6 Å². The highest BCUT2D eigenvalue weighted by Gasteiger charge is 2.25. The van der Waals surface area contributed by atoms with E-state index in [1.165, 1.54) is 103 Å². The van der Waals surface area contributed by atoms with Crippen LogP contribution in [0.5, 0.6) is 0 Å². The second-order valence-corrected chi connectivity index (χ2v) is 15.6. The molecule has 0 spiro atoms. The molecule has 0 aromatic rings. The highest BCUT2D eigenvalue weighted by Crippen LogP contribution is 2.14. The van der Waals surface area contributed by atoms with Crippen LogP contribution in [-0.4, -0.2) is 75.5 Å². The lowest BCUT2D eigenvalue weighted by Gasteiger charge is -2.34. The average Bonchev–Trinajstić information content (AvgIpc) is 3.12. The molecule has 0 rings (SSSR count). The number of aliphatic carboxylic acids is 1. The van der Waals surface area contributed by atoms with Crippen LogP contribution in [0.3, 0.4) is 0 Å². The molecular weight excluding hydrogens is 679 g/mol. The summed E-state index contributed by atoms with van der Waals surface area (Å²) >= 11 is 0. The summed E-state index contributed by atoms with van der Waals surface area (Å²) in [5.74, 6) is -1.89. The van der Waals surface area contributed by atoms with Crippen molar-refractivity contribution in [1.29, 1.82) is 0 Å². The molecule has 2 atom stereocenters. The first-order chi connectivity index (χ1) is 26.1. The van der Waals surface area contributed by atoms with Crippen LogP contribution in [-0.2, 0) is 28.6 Å². The number of rotatable bonds is 38. The minimum Gasteiger partial charge on any atom is -0.544 e. The normalized spacial score (nSPS) is 13.4. The molecule has 0 aromatic carbocycles. The summed E-state index contributed by atoms with van der Waals surface area (Å²) in [6, 6.07) is -0.737. The van der Waals surface area contributed by atoms with Crippen molar-refractivity contribution in [3.05, 3.63) is 48.6 Å². The van der Waals surface area contributed by atoms with Crippen molar-refractivity contribution >= 4 is 17.9 Å². The van der Waals surface area contributed by atoms with Gasteiger partial charge in [0.1, 0.15) is 12.6 Å². The van der Waals surface area contributed by atoms with Gasteiger partial charge in [0.25, 0.3) is 0 Å². The summed E-state index contributed by atoms with van der Waals surface area (Å²) in [6.45, 7) is 4.42. The van der Waals surface area contributed by atoms with E-state index in [4.69, 9.17) is 14.2 Å². The molecule has 8 nitrogen and oxygen atoms in total. The first kappa shape index (κ1) is 51.3. The zero-order valence-electron chi connectivity index (χ0n) is 35.4. The number of quaternary nitrogens is 1. The number of ether oxygens (including phenoxy) is 3. The lowest BCUT2D eigenvalue weighted by Crippen LogP contribution is -2.55. The number of carbonyl (C=O) groups is 3. The van der Waals surface area contributed by atoms with Gasteiger partial charge in [-0.2, -0.15) is 0 Å². The first-order valence-corrected chi connectivity index (χ1v) is 21.7. The summed E-state index contributed by atoms with van der Waals surface area (Å²) in [4.78, 5) is 36.6. The smallest absolute Gasteiger partial charge is 0.309 e. The molecular formula is C46H81NO7. The third kappa shape index (κ3) is 35.0. The number of likely N-dealkylation sites (N-methyl/N-ethyl adjacent to an activating group) is 1. The molecule has 8 heteroatoms. The molecule has 0 aliphatic rings. The zero-order valence-corrected chi connectivity index (χ0v) is 35.4. The molecule has 0 aliphatic heterocycles. The quantitative estimate of drug-likeness (QED) is 0.0267. The van der Waals surface area contributed by atoms with Gasteiger partial charge in [-0.15, -0.1) is 0 Å². The standard InChI is InChI=1S/C46H81NO7/c1-6-8-10-12-14-16-17-18-19-20-21-22-23-24-25-26-27-29-31-33-35-37-45(49)54-42(40-52-39-38-43(46(50)51)47(3,4)5)41-53-44(48)36-34-32-30-28-15-13-11-9-7-2/h9,11,15,22-23,28,32,34,42-43H,6-8,10,12-14,16-21,24-27,29-31,33,35-41H2,1-5H3/b11-9+,23-22+,28-15+,34-32+. The van der Waals surface area contributed by atoms with Crippen LogP contribution in [0.4, 0.5) is 0 Å². The van der Waals surface area contributed by atoms with Crippen LogP contribution >= 0.6 is 0 Å². The molecule has 54 heavy (non-hydrogen) atoms. The van der Waals surface area contributed by atoms with Crippen molar-refractivity contribution in [3.63, 3.8) is 0 Å². The number of nitrogens with zero attached hydrogens (tertiary/aromatic N) is 1. The molecule has 0 saturated heterocycles. The molecule has 0 radical (unpaired) electrons. The molecule has 0 heterocycles. The Morgan fingerprint density at radius 2 is 1.09 bits per heavy atom. The molecule has 0 amide bonds. The largest absolute Gasteiger partial charge is 0.544 e. The summed E-state index contributed by atoms with van der Waals surface area (Å²) in [5.41, 5.74) is 0. The maximum absolute atomic E-state index is 12.7. The Kier molecular flexibility index (Phi) is 35.4. The van der Waals surface area contributed by atoms with Crippen LogP contribution in [0.1, 0.15) is 174 Å². The van der Waals surface area contributed by atoms with Gasteiger partial charge in [0, 0.05) is 12.8 Å². The monoisotopic (exact) mass is 760 g/mol. The summed E-state index contributed by atoms with van der Waals surface area (Å²) in [7, 11) is 5.37. The fraction of sp³-hybridized carbons (Fsp3) is 0.761. The van der Waals surface area contributed by atoms with E-state index < -0.39 is 24.1 Å². The minimum atomic E-state index is -1.14. The fourth-order valence-corrected chi connectivity index (χ4v) is 6.13. The van der Waals surface area contributed by atoms with Crippen molar-refractivity contribution in [2.75, 3.05) is 41.0 Å². The van der Waals surface area contributed by atoms with Gasteiger partial charge in [-0.05, 0) is 51.4 Å². The van der Waals surface area contributed by atoms with Crippen LogP contribution in [0, 0.1) is 0 Å². The van der Waals surface area contributed by atoms with E-state index in [1.54, 1.807) is 27.2 Å². The first-order valence-electron chi connectivity index (χ1n) is 21.7. The fourth-order valence-electron chi connectivity index (χ4n) is 6.13. The maximum atomic E-state index is 12.7. The minimum absolute atomic E-state index is 0.0114. The summed E-state index contributed by atoms with van der Waals surface area (Å²) in [6.07, 6.45) is 43.3. The van der Waals surface area contributed by atoms with Crippen LogP contribution in [0.2, 0.25) is 0 Å². The number of carboxylic acids is 1. The number of hydrogen-bond acceptors (Lipinski definition) is 7. The van der Waals surface area contributed by atoms with E-state index >= 15 is 0 Å². The SMILES string of the molecule is CC/C=C/C/C=C/C/C=C/CC(=O)OCC(COCCC(C(=O)[O-])[N+](C)(C)C)OC(=O)CCCCCCCCC/C=C/CCCCCCCCCCCC. The van der Waals surface area contributed by atoms with Crippen molar-refractivity contribution in [2.45, 2.75) is 187 Å². The molecule has 0 saturated carbocycles. The second-order valence-electron chi connectivity index (χ2n) is 15.6. The molecule has 312 valence electrons. The van der Waals surface area contributed by atoms with Crippen molar-refractivity contribution < 1.29 is 38.2 Å². The van der Waals surface area contributed by atoms with Gasteiger partial charge in [0.05, 0.1) is 46.7 Å². The van der Waals surface area contributed by atoms with Gasteiger partial charge in [0.15, 0.2) is 6.10 Å². The molecule has 0 N–H and O–H groups in total. The molecule has 0 aromatic heterocycles. The predicted molar refractivity (Wildman–Crippen MR) is 222 cm³/mol. The average molecular weight is 760 g/mol. The number of hydrogen-bond donors (Lipinski definition) is 0. The van der Waals surface area contributed by atoms with Crippen molar-refractivity contribution in [2.24, 2.45) is 0 Å². The zero-order chi connectivity index (χ0) is 40.0. The Labute approximate surface area is 331 Å². The Morgan fingerprint density at radius 1 is 0.593 bits per heavy atom.